The van der Waals surface area contributed by atoms with E-state index in [-0.39, 0.29) is 4.32 Å². The molecule has 0 atom stereocenters. The van der Waals surface area contributed by atoms with Crippen LogP contribution in [-0.2, 0) is 9.59 Å². The summed E-state index contributed by atoms with van der Waals surface area (Å²) >= 11 is 6.28. The number of rotatable bonds is 7. The van der Waals surface area contributed by atoms with Crippen molar-refractivity contribution >= 4 is 52.2 Å². The van der Waals surface area contributed by atoms with Crippen LogP contribution in [0.5, 0.6) is 11.5 Å². The van der Waals surface area contributed by atoms with Crippen molar-refractivity contribution in [2.45, 2.75) is 0 Å². The number of nitrogens with one attached hydrogen (secondary N) is 1. The summed E-state index contributed by atoms with van der Waals surface area (Å²) in [6.07, 6.45) is 1.62. The third kappa shape index (κ3) is 5.16. The molecule has 1 saturated heterocycles. The molecule has 0 spiro atoms. The number of thioether (sulfide) groups is 1. The van der Waals surface area contributed by atoms with E-state index in [9.17, 15) is 14.4 Å². The molecular weight excluding hydrogens is 428 g/mol. The van der Waals surface area contributed by atoms with Gasteiger partial charge in [0.1, 0.15) is 11.5 Å². The number of carboxylic acid groups (broad SMARTS) is 1. The van der Waals surface area contributed by atoms with Crippen LogP contribution in [0.1, 0.15) is 15.9 Å². The highest BCUT2D eigenvalue weighted by Crippen LogP contribution is 2.31. The molecule has 1 aliphatic heterocycles. The minimum Gasteiger partial charge on any atom is -0.497 e. The molecule has 10 heteroatoms. The number of aliphatic carboxylic acids is 1. The quantitative estimate of drug-likeness (QED) is 0.496. The molecule has 0 aromatic heterocycles. The molecular formula is C20H16N2O6S2. The number of ether oxygens (including phenoxy) is 2. The lowest BCUT2D eigenvalue weighted by atomic mass is 10.2. The van der Waals surface area contributed by atoms with Crippen molar-refractivity contribution in [1.82, 2.24) is 10.4 Å². The zero-order valence-corrected chi connectivity index (χ0v) is 17.3. The van der Waals surface area contributed by atoms with Gasteiger partial charge in [0, 0.05) is 5.56 Å². The Morgan fingerprint density at radius 2 is 1.93 bits per heavy atom. The molecule has 2 aromatic carbocycles. The van der Waals surface area contributed by atoms with Crippen LogP contribution in [0.3, 0.4) is 0 Å². The molecule has 2 amide bonds. The molecule has 2 N–H and O–H groups in total. The molecule has 1 heterocycles. The molecule has 0 bridgehead atoms. The molecule has 2 aromatic rings. The van der Waals surface area contributed by atoms with Crippen molar-refractivity contribution in [2.24, 2.45) is 0 Å². The predicted molar refractivity (Wildman–Crippen MR) is 115 cm³/mol. The standard InChI is InChI=1S/C20H16N2O6S2/c1-27-15-4-2-3-13(10-15)18(25)21-22-19(26)16(30-20(22)29)9-12-5-7-14(8-6-12)28-11-17(23)24/h2-10H,11H2,1H3,(H,21,25)(H,23,24)/b16-9+. The second-order valence-electron chi connectivity index (χ2n) is 5.94. The number of carboxylic acids is 1. The molecule has 30 heavy (non-hydrogen) atoms. The molecule has 0 unspecified atom stereocenters. The largest absolute Gasteiger partial charge is 0.497 e. The highest BCUT2D eigenvalue weighted by molar-refractivity contribution is 8.26. The Hall–Kier alpha value is -3.37. The summed E-state index contributed by atoms with van der Waals surface area (Å²) in [6, 6.07) is 13.1. The maximum Gasteiger partial charge on any atom is 0.341 e. The van der Waals surface area contributed by atoms with Gasteiger partial charge in [0.05, 0.1) is 12.0 Å². The lowest BCUT2D eigenvalue weighted by Gasteiger charge is -2.15. The molecule has 0 saturated carbocycles. The Balaban J connectivity index is 1.69. The summed E-state index contributed by atoms with van der Waals surface area (Å²) in [4.78, 5) is 36.0. The van der Waals surface area contributed by atoms with Crippen LogP contribution in [-0.4, -0.2) is 45.9 Å². The van der Waals surface area contributed by atoms with E-state index in [0.717, 1.165) is 16.8 Å². The van der Waals surface area contributed by atoms with Crippen molar-refractivity contribution in [1.29, 1.82) is 0 Å². The number of hydrogen-bond acceptors (Lipinski definition) is 7. The lowest BCUT2D eigenvalue weighted by Crippen LogP contribution is -2.44. The van der Waals surface area contributed by atoms with Crippen LogP contribution in [0.15, 0.2) is 53.4 Å². The minimum atomic E-state index is -1.07. The van der Waals surface area contributed by atoms with E-state index in [2.05, 4.69) is 5.43 Å². The van der Waals surface area contributed by atoms with Gasteiger partial charge in [0.2, 0.25) is 0 Å². The molecule has 3 rings (SSSR count). The number of methoxy groups -OCH3 is 1. The highest BCUT2D eigenvalue weighted by Gasteiger charge is 2.33. The number of thiocarbonyl (C=S) groups is 1. The molecule has 0 aliphatic carbocycles. The zero-order chi connectivity index (χ0) is 21.7. The van der Waals surface area contributed by atoms with Crippen LogP contribution >= 0.6 is 24.0 Å². The smallest absolute Gasteiger partial charge is 0.341 e. The SMILES string of the molecule is COc1cccc(C(=O)NN2C(=O)/C(=C\c3ccc(OCC(=O)O)cc3)SC2=S)c1. The number of carbonyl (C=O) groups is 3. The normalized spacial score (nSPS) is 14.7. The fraction of sp³-hybridized carbons (Fsp3) is 0.100. The van der Waals surface area contributed by atoms with Gasteiger partial charge in [-0.3, -0.25) is 15.0 Å². The Labute approximate surface area is 181 Å². The van der Waals surface area contributed by atoms with E-state index in [4.69, 9.17) is 26.8 Å². The summed E-state index contributed by atoms with van der Waals surface area (Å²) in [5, 5.41) is 9.66. The van der Waals surface area contributed by atoms with Crippen molar-refractivity contribution in [3.05, 3.63) is 64.6 Å². The summed E-state index contributed by atoms with van der Waals surface area (Å²) in [5.41, 5.74) is 3.52. The van der Waals surface area contributed by atoms with Crippen molar-refractivity contribution in [3.63, 3.8) is 0 Å². The van der Waals surface area contributed by atoms with Crippen molar-refractivity contribution in [2.75, 3.05) is 13.7 Å². The van der Waals surface area contributed by atoms with Gasteiger partial charge >= 0.3 is 5.97 Å². The summed E-state index contributed by atoms with van der Waals surface area (Å²) in [7, 11) is 1.49. The predicted octanol–water partition coefficient (Wildman–Crippen LogP) is 2.70. The Morgan fingerprint density at radius 1 is 1.20 bits per heavy atom. The zero-order valence-electron chi connectivity index (χ0n) is 15.7. The number of hydrogen-bond donors (Lipinski definition) is 2. The second-order valence-corrected chi connectivity index (χ2v) is 7.62. The topological polar surface area (TPSA) is 105 Å². The van der Waals surface area contributed by atoms with Gasteiger partial charge < -0.3 is 14.6 Å². The van der Waals surface area contributed by atoms with Crippen LogP contribution in [0.4, 0.5) is 0 Å². The van der Waals surface area contributed by atoms with Crippen molar-refractivity contribution < 1.29 is 29.0 Å². The number of hydrazine groups is 1. The third-order valence-corrected chi connectivity index (χ3v) is 5.18. The first kappa shape index (κ1) is 21.3. The maximum atomic E-state index is 12.7. The first-order valence-corrected chi connectivity index (χ1v) is 9.77. The van der Waals surface area contributed by atoms with Crippen LogP contribution in [0.25, 0.3) is 6.08 Å². The van der Waals surface area contributed by atoms with Gasteiger partial charge in [-0.05, 0) is 54.2 Å². The van der Waals surface area contributed by atoms with Gasteiger partial charge in [-0.15, -0.1) is 0 Å². The fourth-order valence-electron chi connectivity index (χ4n) is 2.45. The van der Waals surface area contributed by atoms with Crippen molar-refractivity contribution in [3.8, 4) is 11.5 Å². The van der Waals surface area contributed by atoms with E-state index in [1.807, 2.05) is 0 Å². The molecule has 154 valence electrons. The Bertz CT molecular complexity index is 1040. The van der Waals surface area contributed by atoms with E-state index in [0.29, 0.717) is 27.5 Å². The number of carbonyl (C=O) groups excluding carboxylic acids is 2. The minimum absolute atomic E-state index is 0.198. The van der Waals surface area contributed by atoms with Crippen LogP contribution < -0.4 is 14.9 Å². The van der Waals surface area contributed by atoms with Gasteiger partial charge in [0.25, 0.3) is 11.8 Å². The van der Waals surface area contributed by atoms with E-state index < -0.39 is 24.4 Å². The first-order chi connectivity index (χ1) is 14.4. The van der Waals surface area contributed by atoms with Gasteiger partial charge in [-0.1, -0.05) is 30.0 Å². The number of amides is 2. The Morgan fingerprint density at radius 3 is 2.60 bits per heavy atom. The van der Waals surface area contributed by atoms with E-state index >= 15 is 0 Å². The molecule has 1 fully saturated rings. The molecule has 8 nitrogen and oxygen atoms in total. The average Bonchev–Trinajstić information content (AvgIpc) is 3.00. The Kier molecular flexibility index (Phi) is 6.70. The van der Waals surface area contributed by atoms with Gasteiger partial charge in [0.15, 0.2) is 10.9 Å². The first-order valence-electron chi connectivity index (χ1n) is 8.55. The van der Waals surface area contributed by atoms with E-state index in [1.165, 1.54) is 7.11 Å². The lowest BCUT2D eigenvalue weighted by molar-refractivity contribution is -0.139. The summed E-state index contributed by atoms with van der Waals surface area (Å²) < 4.78 is 10.4. The highest BCUT2D eigenvalue weighted by atomic mass is 32.2. The summed E-state index contributed by atoms with van der Waals surface area (Å²) in [6.45, 7) is -0.439. The second kappa shape index (κ2) is 9.42. The summed E-state index contributed by atoms with van der Waals surface area (Å²) in [5.74, 6) is -1.10. The van der Waals surface area contributed by atoms with Gasteiger partial charge in [-0.2, -0.15) is 5.01 Å². The van der Waals surface area contributed by atoms with Crippen LogP contribution in [0, 0.1) is 0 Å². The number of benzene rings is 2. The number of nitrogens with zero attached hydrogens (tertiary/aromatic N) is 1. The molecule has 0 radical (unpaired) electrons. The monoisotopic (exact) mass is 444 g/mol. The fourth-order valence-corrected chi connectivity index (χ4v) is 3.63. The maximum absolute atomic E-state index is 12.7. The third-order valence-electron chi connectivity index (χ3n) is 3.88. The molecule has 1 aliphatic rings. The van der Waals surface area contributed by atoms with E-state index in [1.54, 1.807) is 54.6 Å². The average molecular weight is 444 g/mol. The van der Waals surface area contributed by atoms with Crippen LogP contribution in [0.2, 0.25) is 0 Å². The van der Waals surface area contributed by atoms with Gasteiger partial charge in [-0.25, -0.2) is 4.79 Å².